The van der Waals surface area contributed by atoms with E-state index in [9.17, 15) is 4.79 Å². The van der Waals surface area contributed by atoms with Gasteiger partial charge in [-0.3, -0.25) is 0 Å². The first-order valence-corrected chi connectivity index (χ1v) is 4.54. The maximum Gasteiger partial charge on any atom is 0.337 e. The van der Waals surface area contributed by atoms with Crippen molar-refractivity contribution in [1.29, 1.82) is 0 Å². The first kappa shape index (κ1) is 9.79. The fourth-order valence-corrected chi connectivity index (χ4v) is 1.28. The lowest BCUT2D eigenvalue weighted by Crippen LogP contribution is -2.38. The quantitative estimate of drug-likeness (QED) is 0.717. The third-order valence-electron chi connectivity index (χ3n) is 2.16. The van der Waals surface area contributed by atoms with Crippen LogP contribution in [0.15, 0.2) is 18.2 Å². The van der Waals surface area contributed by atoms with Crippen LogP contribution in [0.1, 0.15) is 10.4 Å². The third-order valence-corrected chi connectivity index (χ3v) is 2.16. The van der Waals surface area contributed by atoms with Crippen molar-refractivity contribution in [2.45, 2.75) is 6.10 Å². The highest BCUT2D eigenvalue weighted by Gasteiger charge is 2.20. The van der Waals surface area contributed by atoms with Gasteiger partial charge < -0.3 is 20.3 Å². The topological polar surface area (TPSA) is 81.8 Å². The predicted molar refractivity (Wildman–Crippen MR) is 53.0 cm³/mol. The number of aromatic carboxylic acids is 1. The summed E-state index contributed by atoms with van der Waals surface area (Å²) in [6.07, 6.45) is 0.0556. The van der Waals surface area contributed by atoms with Crippen molar-refractivity contribution in [3.05, 3.63) is 23.8 Å². The number of hydrogen-bond acceptors (Lipinski definition) is 4. The number of carbonyl (C=O) groups is 1. The van der Waals surface area contributed by atoms with Gasteiger partial charge in [-0.2, -0.15) is 0 Å². The van der Waals surface area contributed by atoms with Gasteiger partial charge in [0.25, 0.3) is 0 Å². The minimum Gasteiger partial charge on any atom is -0.486 e. The van der Waals surface area contributed by atoms with Crippen LogP contribution in [0, 0.1) is 0 Å². The van der Waals surface area contributed by atoms with E-state index in [1.54, 1.807) is 6.07 Å². The summed E-state index contributed by atoms with van der Waals surface area (Å²) in [5, 5.41) is 8.75. The second-order valence-corrected chi connectivity index (χ2v) is 3.33. The Balaban J connectivity index is 2.13. The molecule has 0 aromatic heterocycles. The van der Waals surface area contributed by atoms with Crippen molar-refractivity contribution in [2.24, 2.45) is 0 Å². The molecule has 5 nitrogen and oxygen atoms in total. The van der Waals surface area contributed by atoms with E-state index in [1.165, 1.54) is 12.1 Å². The number of anilines is 1. The smallest absolute Gasteiger partial charge is 0.337 e. The number of nitrogen functional groups attached to an aromatic ring is 1. The number of carboxylic acid groups (broad SMARTS) is 1. The second kappa shape index (κ2) is 3.78. The summed E-state index contributed by atoms with van der Waals surface area (Å²) >= 11 is 0. The Labute approximate surface area is 86.4 Å². The molecule has 0 saturated carbocycles. The van der Waals surface area contributed by atoms with Crippen LogP contribution in [0.4, 0.5) is 5.69 Å². The minimum atomic E-state index is -1.04. The molecule has 1 saturated heterocycles. The maximum absolute atomic E-state index is 10.7. The summed E-state index contributed by atoms with van der Waals surface area (Å²) in [4.78, 5) is 10.7. The van der Waals surface area contributed by atoms with Gasteiger partial charge in [0.05, 0.1) is 18.8 Å². The zero-order valence-corrected chi connectivity index (χ0v) is 7.97. The normalized spacial score (nSPS) is 15.7. The fourth-order valence-electron chi connectivity index (χ4n) is 1.28. The summed E-state index contributed by atoms with van der Waals surface area (Å²) < 4.78 is 10.4. The van der Waals surface area contributed by atoms with Gasteiger partial charge in [-0.15, -0.1) is 0 Å². The van der Waals surface area contributed by atoms with Crippen LogP contribution in [-0.4, -0.2) is 30.4 Å². The lowest BCUT2D eigenvalue weighted by Gasteiger charge is -2.26. The summed E-state index contributed by atoms with van der Waals surface area (Å²) in [5.41, 5.74) is 5.86. The molecule has 1 aromatic carbocycles. The van der Waals surface area contributed by atoms with Crippen LogP contribution in [0.3, 0.4) is 0 Å². The number of nitrogens with two attached hydrogens (primary N) is 1. The van der Waals surface area contributed by atoms with E-state index in [2.05, 4.69) is 0 Å². The molecular weight excluding hydrogens is 198 g/mol. The monoisotopic (exact) mass is 209 g/mol. The Morgan fingerprint density at radius 1 is 1.53 bits per heavy atom. The number of hydrogen-bond donors (Lipinski definition) is 2. The van der Waals surface area contributed by atoms with E-state index in [0.717, 1.165) is 0 Å². The predicted octanol–water partition coefficient (Wildman–Crippen LogP) is 0.745. The Morgan fingerprint density at radius 2 is 2.27 bits per heavy atom. The van der Waals surface area contributed by atoms with Gasteiger partial charge in [-0.1, -0.05) is 0 Å². The van der Waals surface area contributed by atoms with Crippen molar-refractivity contribution in [1.82, 2.24) is 0 Å². The van der Waals surface area contributed by atoms with Crippen molar-refractivity contribution < 1.29 is 19.4 Å². The van der Waals surface area contributed by atoms with Crippen LogP contribution in [-0.2, 0) is 4.74 Å². The van der Waals surface area contributed by atoms with Crippen molar-refractivity contribution in [2.75, 3.05) is 18.9 Å². The fraction of sp³-hybridized carbons (Fsp3) is 0.300. The molecule has 1 aliphatic rings. The first-order valence-electron chi connectivity index (χ1n) is 4.54. The standard InChI is InChI=1S/C10H11NO4/c11-9-3-6(15-7-4-14-5-7)1-2-8(9)10(12)13/h1-3,7H,4-5,11H2,(H,12,13). The van der Waals surface area contributed by atoms with E-state index >= 15 is 0 Å². The van der Waals surface area contributed by atoms with E-state index in [4.69, 9.17) is 20.3 Å². The highest BCUT2D eigenvalue weighted by Crippen LogP contribution is 2.22. The average molecular weight is 209 g/mol. The van der Waals surface area contributed by atoms with Gasteiger partial charge in [0.15, 0.2) is 0 Å². The molecule has 0 radical (unpaired) electrons. The van der Waals surface area contributed by atoms with Gasteiger partial charge in [0.2, 0.25) is 0 Å². The number of ether oxygens (including phenoxy) is 2. The second-order valence-electron chi connectivity index (χ2n) is 3.33. The Bertz CT molecular complexity index is 387. The molecule has 0 bridgehead atoms. The van der Waals surface area contributed by atoms with E-state index in [-0.39, 0.29) is 17.4 Å². The lowest BCUT2D eigenvalue weighted by molar-refractivity contribution is -0.0796. The van der Waals surface area contributed by atoms with Gasteiger partial charge >= 0.3 is 5.97 Å². The summed E-state index contributed by atoms with van der Waals surface area (Å²) in [5.74, 6) is -0.461. The SMILES string of the molecule is Nc1cc(OC2COC2)ccc1C(=O)O. The Hall–Kier alpha value is -1.75. The molecule has 2 rings (SSSR count). The van der Waals surface area contributed by atoms with Crippen LogP contribution in [0.25, 0.3) is 0 Å². The molecule has 0 spiro atoms. The molecular formula is C10H11NO4. The molecule has 1 aromatic rings. The Kier molecular flexibility index (Phi) is 2.47. The molecule has 1 fully saturated rings. The zero-order chi connectivity index (χ0) is 10.8. The maximum atomic E-state index is 10.7. The zero-order valence-electron chi connectivity index (χ0n) is 7.97. The molecule has 3 N–H and O–H groups in total. The van der Waals surface area contributed by atoms with Gasteiger partial charge in [-0.05, 0) is 12.1 Å². The number of carboxylic acids is 1. The number of rotatable bonds is 3. The van der Waals surface area contributed by atoms with E-state index < -0.39 is 5.97 Å². The molecule has 1 aliphatic heterocycles. The molecule has 0 atom stereocenters. The molecule has 15 heavy (non-hydrogen) atoms. The summed E-state index contributed by atoms with van der Waals surface area (Å²) in [6.45, 7) is 1.14. The van der Waals surface area contributed by atoms with Crippen LogP contribution in [0.2, 0.25) is 0 Å². The molecule has 0 amide bonds. The molecule has 80 valence electrons. The third kappa shape index (κ3) is 2.02. The van der Waals surface area contributed by atoms with Crippen LogP contribution >= 0.6 is 0 Å². The number of benzene rings is 1. The highest BCUT2D eigenvalue weighted by molar-refractivity contribution is 5.93. The van der Waals surface area contributed by atoms with Crippen molar-refractivity contribution in [3.63, 3.8) is 0 Å². The highest BCUT2D eigenvalue weighted by atomic mass is 16.6. The largest absolute Gasteiger partial charge is 0.486 e. The van der Waals surface area contributed by atoms with E-state index in [1.807, 2.05) is 0 Å². The average Bonchev–Trinajstić information content (AvgIpc) is 2.11. The molecule has 1 heterocycles. The van der Waals surface area contributed by atoms with Crippen molar-refractivity contribution in [3.8, 4) is 5.75 Å². The molecule has 5 heteroatoms. The molecule has 0 unspecified atom stereocenters. The summed E-state index contributed by atoms with van der Waals surface area (Å²) in [7, 11) is 0. The van der Waals surface area contributed by atoms with Gasteiger partial charge in [-0.25, -0.2) is 4.79 Å². The Morgan fingerprint density at radius 3 is 2.73 bits per heavy atom. The van der Waals surface area contributed by atoms with E-state index in [0.29, 0.717) is 19.0 Å². The van der Waals surface area contributed by atoms with Crippen LogP contribution in [0.5, 0.6) is 5.75 Å². The first-order chi connectivity index (χ1) is 7.16. The van der Waals surface area contributed by atoms with Crippen molar-refractivity contribution >= 4 is 11.7 Å². The van der Waals surface area contributed by atoms with Crippen LogP contribution < -0.4 is 10.5 Å². The minimum absolute atomic E-state index is 0.0556. The molecule has 0 aliphatic carbocycles. The lowest BCUT2D eigenvalue weighted by atomic mass is 10.2. The van der Waals surface area contributed by atoms with Gasteiger partial charge in [0, 0.05) is 11.8 Å². The van der Waals surface area contributed by atoms with Gasteiger partial charge in [0.1, 0.15) is 11.9 Å². The summed E-state index contributed by atoms with van der Waals surface area (Å²) in [6, 6.07) is 4.55.